The minimum atomic E-state index is -0.165. The van der Waals surface area contributed by atoms with E-state index in [4.69, 9.17) is 21.1 Å². The van der Waals surface area contributed by atoms with Crippen molar-refractivity contribution in [1.82, 2.24) is 5.32 Å². The van der Waals surface area contributed by atoms with Gasteiger partial charge < -0.3 is 19.7 Å². The topological polar surface area (TPSA) is 50.8 Å². The molecule has 2 aromatic rings. The average molecular weight is 389 g/mol. The van der Waals surface area contributed by atoms with E-state index in [1.54, 1.807) is 25.3 Å². The summed E-state index contributed by atoms with van der Waals surface area (Å²) in [7, 11) is 3.53. The van der Waals surface area contributed by atoms with E-state index in [9.17, 15) is 4.79 Å². The van der Waals surface area contributed by atoms with Crippen LogP contribution in [-0.2, 0) is 4.79 Å². The van der Waals surface area contributed by atoms with Crippen LogP contribution in [0.15, 0.2) is 48.5 Å². The quantitative estimate of drug-likeness (QED) is 0.659. The van der Waals surface area contributed by atoms with Gasteiger partial charge in [-0.05, 0) is 42.8 Å². The van der Waals surface area contributed by atoms with Crippen molar-refractivity contribution in [2.24, 2.45) is 0 Å². The zero-order valence-electron chi connectivity index (χ0n) is 15.9. The van der Waals surface area contributed by atoms with Gasteiger partial charge in [0.15, 0.2) is 11.5 Å². The summed E-state index contributed by atoms with van der Waals surface area (Å²) in [5.74, 6) is 0.877. The lowest BCUT2D eigenvalue weighted by molar-refractivity contribution is -0.116. The van der Waals surface area contributed by atoms with Crippen LogP contribution in [0.5, 0.6) is 11.5 Å². The molecule has 144 valence electrons. The van der Waals surface area contributed by atoms with Gasteiger partial charge in [0.25, 0.3) is 0 Å². The fourth-order valence-electron chi connectivity index (χ4n) is 2.53. The van der Waals surface area contributed by atoms with E-state index in [-0.39, 0.29) is 5.91 Å². The van der Waals surface area contributed by atoms with Crippen LogP contribution in [0.2, 0.25) is 5.02 Å². The number of anilines is 1. The summed E-state index contributed by atoms with van der Waals surface area (Å²) in [4.78, 5) is 14.1. The maximum atomic E-state index is 12.0. The van der Waals surface area contributed by atoms with E-state index < -0.39 is 0 Å². The summed E-state index contributed by atoms with van der Waals surface area (Å²) >= 11 is 6.22. The van der Waals surface area contributed by atoms with E-state index in [0.29, 0.717) is 36.2 Å². The zero-order chi connectivity index (χ0) is 19.6. The van der Waals surface area contributed by atoms with Gasteiger partial charge in [-0.3, -0.25) is 4.79 Å². The number of benzene rings is 2. The number of likely N-dealkylation sites (N-methyl/N-ethyl adjacent to an activating group) is 1. The first-order valence-electron chi connectivity index (χ1n) is 8.77. The molecule has 6 heteroatoms. The summed E-state index contributed by atoms with van der Waals surface area (Å²) in [5.41, 5.74) is 1.87. The van der Waals surface area contributed by atoms with Crippen molar-refractivity contribution in [1.29, 1.82) is 0 Å². The fourth-order valence-corrected chi connectivity index (χ4v) is 2.83. The number of nitrogens with zero attached hydrogens (tertiary/aromatic N) is 1. The van der Waals surface area contributed by atoms with Crippen molar-refractivity contribution in [3.05, 3.63) is 59.1 Å². The molecule has 0 atom stereocenters. The predicted octanol–water partition coefficient (Wildman–Crippen LogP) is 4.01. The number of hydrogen-bond acceptors (Lipinski definition) is 4. The standard InChI is InChI=1S/C21H25ClN2O3/c1-4-27-19-15-16(14-18(22)21(19)26-3)10-11-20(25)23-12-13-24(2)17-8-6-5-7-9-17/h5-11,14-15H,4,12-13H2,1-3H3,(H,23,25)/b11-10+. The second kappa shape index (κ2) is 10.5. The number of para-hydroxylation sites is 1. The van der Waals surface area contributed by atoms with Crippen LogP contribution in [0, 0.1) is 0 Å². The number of amides is 1. The molecule has 0 aliphatic rings. The Hall–Kier alpha value is -2.66. The van der Waals surface area contributed by atoms with Gasteiger partial charge in [0, 0.05) is 31.9 Å². The van der Waals surface area contributed by atoms with Crippen molar-refractivity contribution in [2.75, 3.05) is 38.8 Å². The molecule has 0 unspecified atom stereocenters. The van der Waals surface area contributed by atoms with Crippen molar-refractivity contribution in [3.63, 3.8) is 0 Å². The molecule has 0 saturated heterocycles. The Morgan fingerprint density at radius 2 is 2.00 bits per heavy atom. The third-order valence-corrected chi connectivity index (χ3v) is 4.19. The monoisotopic (exact) mass is 388 g/mol. The Morgan fingerprint density at radius 1 is 1.26 bits per heavy atom. The van der Waals surface area contributed by atoms with Gasteiger partial charge in [-0.1, -0.05) is 29.8 Å². The number of methoxy groups -OCH3 is 1. The maximum Gasteiger partial charge on any atom is 0.244 e. The predicted molar refractivity (Wildman–Crippen MR) is 111 cm³/mol. The van der Waals surface area contributed by atoms with Crippen molar-refractivity contribution in [2.45, 2.75) is 6.92 Å². The molecule has 0 aromatic heterocycles. The van der Waals surface area contributed by atoms with E-state index in [2.05, 4.69) is 10.2 Å². The Bertz CT molecular complexity index is 778. The van der Waals surface area contributed by atoms with Crippen LogP contribution in [0.25, 0.3) is 6.08 Å². The van der Waals surface area contributed by atoms with Crippen LogP contribution in [0.1, 0.15) is 12.5 Å². The Morgan fingerprint density at radius 3 is 2.67 bits per heavy atom. The molecule has 5 nitrogen and oxygen atoms in total. The molecule has 0 spiro atoms. The number of carbonyl (C=O) groups excluding carboxylic acids is 1. The molecule has 0 heterocycles. The highest BCUT2D eigenvalue weighted by Crippen LogP contribution is 2.36. The SMILES string of the molecule is CCOc1cc(/C=C/C(=O)NCCN(C)c2ccccc2)cc(Cl)c1OC. The van der Waals surface area contributed by atoms with E-state index in [1.807, 2.05) is 44.3 Å². The summed E-state index contributed by atoms with van der Waals surface area (Å²) in [6.07, 6.45) is 3.18. The van der Waals surface area contributed by atoms with Crippen molar-refractivity contribution in [3.8, 4) is 11.5 Å². The van der Waals surface area contributed by atoms with Gasteiger partial charge in [0.1, 0.15) is 0 Å². The third kappa shape index (κ3) is 6.22. The van der Waals surface area contributed by atoms with E-state index in [0.717, 1.165) is 11.3 Å². The first kappa shape index (κ1) is 20.6. The largest absolute Gasteiger partial charge is 0.491 e. The van der Waals surface area contributed by atoms with Crippen LogP contribution < -0.4 is 19.7 Å². The van der Waals surface area contributed by atoms with Crippen molar-refractivity contribution >= 4 is 29.3 Å². The molecule has 1 amide bonds. The first-order chi connectivity index (χ1) is 13.0. The first-order valence-corrected chi connectivity index (χ1v) is 9.15. The molecule has 1 N–H and O–H groups in total. The lowest BCUT2D eigenvalue weighted by Crippen LogP contribution is -2.31. The molecule has 2 aromatic carbocycles. The van der Waals surface area contributed by atoms with Gasteiger partial charge >= 0.3 is 0 Å². The normalized spacial score (nSPS) is 10.7. The molecule has 0 aliphatic carbocycles. The van der Waals surface area contributed by atoms with Crippen molar-refractivity contribution < 1.29 is 14.3 Å². The van der Waals surface area contributed by atoms with Crippen LogP contribution in [-0.4, -0.2) is 39.8 Å². The number of nitrogens with one attached hydrogen (secondary N) is 1. The lowest BCUT2D eigenvalue weighted by atomic mass is 10.2. The number of carbonyl (C=O) groups is 1. The number of ether oxygens (including phenoxy) is 2. The molecular formula is C21H25ClN2O3. The second-order valence-electron chi connectivity index (χ2n) is 5.85. The fraction of sp³-hybridized carbons (Fsp3) is 0.286. The Kier molecular flexibility index (Phi) is 8.01. The molecule has 0 saturated carbocycles. The third-order valence-electron chi connectivity index (χ3n) is 3.91. The maximum absolute atomic E-state index is 12.0. The van der Waals surface area contributed by atoms with Gasteiger partial charge in [0.2, 0.25) is 5.91 Å². The van der Waals surface area contributed by atoms with Gasteiger partial charge in [-0.25, -0.2) is 0 Å². The summed E-state index contributed by atoms with van der Waals surface area (Å²) in [6, 6.07) is 13.5. The Balaban J connectivity index is 1.90. The average Bonchev–Trinajstić information content (AvgIpc) is 2.67. The zero-order valence-corrected chi connectivity index (χ0v) is 16.6. The molecular weight excluding hydrogens is 364 g/mol. The lowest BCUT2D eigenvalue weighted by Gasteiger charge is -2.19. The summed E-state index contributed by atoms with van der Waals surface area (Å²) in [6.45, 7) is 3.64. The molecule has 0 fully saturated rings. The number of rotatable bonds is 9. The summed E-state index contributed by atoms with van der Waals surface area (Å²) in [5, 5.41) is 3.31. The van der Waals surface area contributed by atoms with Crippen LogP contribution in [0.3, 0.4) is 0 Å². The summed E-state index contributed by atoms with van der Waals surface area (Å²) < 4.78 is 10.8. The molecule has 0 radical (unpaired) electrons. The number of hydrogen-bond donors (Lipinski definition) is 1. The minimum Gasteiger partial charge on any atom is -0.491 e. The van der Waals surface area contributed by atoms with E-state index >= 15 is 0 Å². The van der Waals surface area contributed by atoms with Gasteiger partial charge in [-0.2, -0.15) is 0 Å². The molecule has 0 aliphatic heterocycles. The minimum absolute atomic E-state index is 0.165. The Labute approximate surface area is 165 Å². The highest BCUT2D eigenvalue weighted by molar-refractivity contribution is 6.32. The molecule has 2 rings (SSSR count). The smallest absolute Gasteiger partial charge is 0.244 e. The molecule has 27 heavy (non-hydrogen) atoms. The van der Waals surface area contributed by atoms with Gasteiger partial charge in [-0.15, -0.1) is 0 Å². The van der Waals surface area contributed by atoms with Crippen LogP contribution >= 0.6 is 11.6 Å². The molecule has 0 bridgehead atoms. The highest BCUT2D eigenvalue weighted by Gasteiger charge is 2.10. The number of halogens is 1. The highest BCUT2D eigenvalue weighted by atomic mass is 35.5. The second-order valence-corrected chi connectivity index (χ2v) is 6.26. The van der Waals surface area contributed by atoms with Gasteiger partial charge in [0.05, 0.1) is 18.7 Å². The van der Waals surface area contributed by atoms with Crippen LogP contribution in [0.4, 0.5) is 5.69 Å². The van der Waals surface area contributed by atoms with E-state index in [1.165, 1.54) is 6.08 Å².